The monoisotopic (exact) mass is 378 g/mol. The van der Waals surface area contributed by atoms with Crippen LogP contribution in [0.4, 0.5) is 13.2 Å². The maximum absolute atomic E-state index is 13.6. The van der Waals surface area contributed by atoms with Gasteiger partial charge in [0.2, 0.25) is 5.91 Å². The Kier molecular flexibility index (Phi) is 6.23. The van der Waals surface area contributed by atoms with Crippen molar-refractivity contribution in [1.82, 2.24) is 20.4 Å². The number of aryl methyl sites for hydroxylation is 1. The van der Waals surface area contributed by atoms with E-state index in [9.17, 15) is 22.8 Å². The van der Waals surface area contributed by atoms with E-state index in [-0.39, 0.29) is 25.2 Å². The Morgan fingerprint density at radius 3 is 2.59 bits per heavy atom. The van der Waals surface area contributed by atoms with Crippen LogP contribution in [0.15, 0.2) is 30.5 Å². The van der Waals surface area contributed by atoms with Crippen molar-refractivity contribution < 1.29 is 22.8 Å². The van der Waals surface area contributed by atoms with Crippen LogP contribution in [0, 0.1) is 19.3 Å². The summed E-state index contributed by atoms with van der Waals surface area (Å²) in [4.78, 5) is 23.6. The summed E-state index contributed by atoms with van der Waals surface area (Å²) in [5.41, 5.74) is -0.998. The Balaban J connectivity index is 2.23. The molecule has 2 rings (SSSR count). The van der Waals surface area contributed by atoms with Gasteiger partial charge in [-0.2, -0.15) is 18.3 Å². The van der Waals surface area contributed by atoms with E-state index >= 15 is 0 Å². The van der Waals surface area contributed by atoms with Crippen molar-refractivity contribution in [1.29, 1.82) is 0 Å². The number of carbonyl (C=O) groups excluding carboxylic acids is 2. The summed E-state index contributed by atoms with van der Waals surface area (Å²) in [5, 5.41) is 8.44. The molecule has 2 N–H and O–H groups in total. The number of hydrogen-bond acceptors (Lipinski definition) is 3. The zero-order valence-electron chi connectivity index (χ0n) is 14.4. The molecule has 2 amide bonds. The van der Waals surface area contributed by atoms with Crippen LogP contribution < -0.4 is 10.6 Å². The van der Waals surface area contributed by atoms with Gasteiger partial charge in [0, 0.05) is 13.0 Å². The predicted octanol–water partition coefficient (Wildman–Crippen LogP) is 2.07. The summed E-state index contributed by atoms with van der Waals surface area (Å²) in [6, 6.07) is 6.40. The Morgan fingerprint density at radius 2 is 1.96 bits per heavy atom. The van der Waals surface area contributed by atoms with Crippen molar-refractivity contribution in [3.63, 3.8) is 0 Å². The lowest BCUT2D eigenvalue weighted by atomic mass is 10.1. The lowest BCUT2D eigenvalue weighted by Gasteiger charge is -2.14. The molecule has 0 unspecified atom stereocenters. The van der Waals surface area contributed by atoms with Crippen molar-refractivity contribution in [2.24, 2.45) is 0 Å². The molecule has 1 heterocycles. The second kappa shape index (κ2) is 8.40. The summed E-state index contributed by atoms with van der Waals surface area (Å²) in [6.07, 6.45) is 0.955. The second-order valence-corrected chi connectivity index (χ2v) is 5.59. The number of para-hydroxylation sites is 1. The minimum absolute atomic E-state index is 0.0359. The number of rotatable bonds is 6. The number of hydrogen-bond donors (Lipinski definition) is 2. The van der Waals surface area contributed by atoms with Crippen molar-refractivity contribution in [2.45, 2.75) is 19.5 Å². The highest BCUT2D eigenvalue weighted by atomic mass is 19.4. The first kappa shape index (κ1) is 20.0. The van der Waals surface area contributed by atoms with Gasteiger partial charge in [-0.25, -0.2) is 4.68 Å². The molecule has 0 spiro atoms. The Hall–Kier alpha value is -3.28. The molecule has 2 aromatic rings. The molecule has 9 heteroatoms. The molecule has 27 heavy (non-hydrogen) atoms. The van der Waals surface area contributed by atoms with Crippen molar-refractivity contribution in [2.75, 3.05) is 13.1 Å². The summed E-state index contributed by atoms with van der Waals surface area (Å²) in [7, 11) is 0. The molecule has 0 atom stereocenters. The summed E-state index contributed by atoms with van der Waals surface area (Å²) in [5.74, 6) is 0.833. The van der Waals surface area contributed by atoms with Gasteiger partial charge < -0.3 is 10.6 Å². The van der Waals surface area contributed by atoms with Gasteiger partial charge in [-0.05, 0) is 18.6 Å². The van der Waals surface area contributed by atoms with Gasteiger partial charge in [-0.3, -0.25) is 9.59 Å². The molecule has 0 aliphatic heterocycles. The fourth-order valence-electron chi connectivity index (χ4n) is 2.39. The number of aromatic nitrogens is 2. The van der Waals surface area contributed by atoms with Crippen molar-refractivity contribution in [3.05, 3.63) is 47.3 Å². The fraction of sp³-hybridized carbons (Fsp3) is 0.278. The number of amides is 2. The first-order valence-corrected chi connectivity index (χ1v) is 7.95. The van der Waals surface area contributed by atoms with Gasteiger partial charge in [0.1, 0.15) is 0 Å². The van der Waals surface area contributed by atoms with Crippen LogP contribution in [-0.4, -0.2) is 34.7 Å². The van der Waals surface area contributed by atoms with Gasteiger partial charge in [-0.15, -0.1) is 6.42 Å². The maximum Gasteiger partial charge on any atom is 0.434 e. The van der Waals surface area contributed by atoms with E-state index in [2.05, 4.69) is 21.7 Å². The molecular weight excluding hydrogens is 361 g/mol. The van der Waals surface area contributed by atoms with Crippen LogP contribution >= 0.6 is 0 Å². The molecule has 142 valence electrons. The Morgan fingerprint density at radius 1 is 1.26 bits per heavy atom. The van der Waals surface area contributed by atoms with Gasteiger partial charge >= 0.3 is 6.18 Å². The number of nitrogens with one attached hydrogen (secondary N) is 2. The average molecular weight is 378 g/mol. The van der Waals surface area contributed by atoms with E-state index in [1.54, 1.807) is 25.1 Å². The SMILES string of the molecule is C#CCNC(=O)CCNC(=O)c1cnn(-c2ccccc2C)c1C(F)(F)F. The highest BCUT2D eigenvalue weighted by molar-refractivity contribution is 5.95. The van der Waals surface area contributed by atoms with Crippen LogP contribution in [0.25, 0.3) is 5.69 Å². The van der Waals surface area contributed by atoms with Crippen molar-refractivity contribution in [3.8, 4) is 18.0 Å². The highest BCUT2D eigenvalue weighted by Crippen LogP contribution is 2.34. The van der Waals surface area contributed by atoms with Gasteiger partial charge in [0.25, 0.3) is 5.91 Å². The van der Waals surface area contributed by atoms with Crippen LogP contribution in [0.2, 0.25) is 0 Å². The first-order valence-electron chi connectivity index (χ1n) is 7.95. The third-order valence-corrected chi connectivity index (χ3v) is 3.65. The molecule has 1 aromatic carbocycles. The zero-order valence-corrected chi connectivity index (χ0v) is 14.4. The van der Waals surface area contributed by atoms with Crippen LogP contribution in [0.3, 0.4) is 0 Å². The van der Waals surface area contributed by atoms with Crippen LogP contribution in [-0.2, 0) is 11.0 Å². The lowest BCUT2D eigenvalue weighted by molar-refractivity contribution is -0.143. The molecule has 0 saturated carbocycles. The number of terminal acetylenes is 1. The number of benzene rings is 1. The fourth-order valence-corrected chi connectivity index (χ4v) is 2.39. The number of halogens is 3. The van der Waals surface area contributed by atoms with Gasteiger partial charge in [0.05, 0.1) is 24.0 Å². The van der Waals surface area contributed by atoms with E-state index < -0.39 is 29.2 Å². The maximum atomic E-state index is 13.6. The molecule has 0 radical (unpaired) electrons. The number of nitrogens with zero attached hydrogens (tertiary/aromatic N) is 2. The second-order valence-electron chi connectivity index (χ2n) is 5.59. The first-order chi connectivity index (χ1) is 12.8. The summed E-state index contributed by atoms with van der Waals surface area (Å²) < 4.78 is 41.5. The van der Waals surface area contributed by atoms with E-state index in [1.165, 1.54) is 6.07 Å². The normalized spacial score (nSPS) is 10.9. The third kappa shape index (κ3) is 4.88. The zero-order chi connectivity index (χ0) is 20.0. The minimum atomic E-state index is -4.80. The smallest absolute Gasteiger partial charge is 0.351 e. The van der Waals surface area contributed by atoms with E-state index in [0.29, 0.717) is 10.2 Å². The van der Waals surface area contributed by atoms with Crippen LogP contribution in [0.1, 0.15) is 28.0 Å². The largest absolute Gasteiger partial charge is 0.434 e. The highest BCUT2D eigenvalue weighted by Gasteiger charge is 2.40. The molecule has 0 saturated heterocycles. The molecular formula is C18H17F3N4O2. The third-order valence-electron chi connectivity index (χ3n) is 3.65. The molecule has 0 aliphatic carbocycles. The molecule has 1 aromatic heterocycles. The topological polar surface area (TPSA) is 76.0 Å². The quantitative estimate of drug-likeness (QED) is 0.756. The lowest BCUT2D eigenvalue weighted by Crippen LogP contribution is -2.32. The van der Waals surface area contributed by atoms with Gasteiger partial charge in [-0.1, -0.05) is 24.1 Å². The van der Waals surface area contributed by atoms with Crippen LogP contribution in [0.5, 0.6) is 0 Å². The minimum Gasteiger partial charge on any atom is -0.351 e. The van der Waals surface area contributed by atoms with E-state index in [0.717, 1.165) is 6.20 Å². The van der Waals surface area contributed by atoms with E-state index in [4.69, 9.17) is 6.42 Å². The molecule has 0 aliphatic rings. The average Bonchev–Trinajstić information content (AvgIpc) is 3.05. The molecule has 6 nitrogen and oxygen atoms in total. The molecule has 0 fully saturated rings. The summed E-state index contributed by atoms with van der Waals surface area (Å²) in [6.45, 7) is 1.54. The molecule has 0 bridgehead atoms. The number of carbonyl (C=O) groups is 2. The van der Waals surface area contributed by atoms with E-state index in [1.807, 2.05) is 0 Å². The Bertz CT molecular complexity index is 881. The van der Waals surface area contributed by atoms with Crippen molar-refractivity contribution >= 4 is 11.8 Å². The Labute approximate surface area is 153 Å². The number of alkyl halides is 3. The standard InChI is InChI=1S/C18H17F3N4O2/c1-3-9-22-15(26)8-10-23-17(27)13-11-24-25(16(13)18(19,20)21)14-7-5-4-6-12(14)2/h1,4-7,11H,8-10H2,2H3,(H,22,26)(H,23,27). The predicted molar refractivity (Wildman–Crippen MR) is 92.1 cm³/mol. The van der Waals surface area contributed by atoms with Gasteiger partial charge in [0.15, 0.2) is 5.69 Å². The summed E-state index contributed by atoms with van der Waals surface area (Å²) >= 11 is 0.